The molecule has 2 N–H and O–H groups in total. The van der Waals surface area contributed by atoms with Gasteiger partial charge in [0.15, 0.2) is 0 Å². The van der Waals surface area contributed by atoms with Crippen LogP contribution in [0.2, 0.25) is 25.7 Å². The highest BCUT2D eigenvalue weighted by molar-refractivity contribution is 6.76. The number of ether oxygens (including phenoxy) is 2. The summed E-state index contributed by atoms with van der Waals surface area (Å²) in [7, 11) is -1.24. The van der Waals surface area contributed by atoms with E-state index in [1.165, 1.54) is 0 Å². The molecule has 4 heterocycles. The predicted molar refractivity (Wildman–Crippen MR) is 161 cm³/mol. The molecule has 2 aromatic heterocycles. The summed E-state index contributed by atoms with van der Waals surface area (Å²) >= 11 is 0. The smallest absolute Gasteiger partial charge is 0.378 e. The fraction of sp³-hybridized carbons (Fsp3) is 0.567. The summed E-state index contributed by atoms with van der Waals surface area (Å²) in [5, 5.41) is 7.00. The summed E-state index contributed by atoms with van der Waals surface area (Å²) in [5.41, 5.74) is 3.36. The van der Waals surface area contributed by atoms with Gasteiger partial charge in [-0.2, -0.15) is 13.2 Å². The Hall–Kier alpha value is -2.60. The average Bonchev–Trinajstić information content (AvgIpc) is 3.33. The molecule has 0 bridgehead atoms. The number of alkyl halides is 3. The number of halogens is 3. The minimum absolute atomic E-state index is 0.391. The van der Waals surface area contributed by atoms with Crippen LogP contribution in [0.15, 0.2) is 42.6 Å². The van der Waals surface area contributed by atoms with Gasteiger partial charge in [0, 0.05) is 45.0 Å². The van der Waals surface area contributed by atoms with E-state index in [0.717, 1.165) is 47.1 Å². The Balaban J connectivity index is 1.44. The number of hydrogen-bond donors (Lipinski definition) is 2. The molecule has 41 heavy (non-hydrogen) atoms. The molecule has 0 spiro atoms. The molecular weight excluding hydrogens is 547 g/mol. The molecule has 2 aliphatic rings. The van der Waals surface area contributed by atoms with Crippen LogP contribution in [0.4, 0.5) is 24.7 Å². The molecule has 11 heteroatoms. The molecule has 224 valence electrons. The number of nitrogens with one attached hydrogen (secondary N) is 2. The molecule has 1 aromatic carbocycles. The zero-order chi connectivity index (χ0) is 29.0. The molecular formula is C30H42F3N5O2Si. The van der Waals surface area contributed by atoms with Crippen molar-refractivity contribution in [2.75, 3.05) is 56.2 Å². The maximum absolute atomic E-state index is 14.0. The number of aromatic nitrogens is 2. The second kappa shape index (κ2) is 12.7. The van der Waals surface area contributed by atoms with Crippen molar-refractivity contribution in [1.82, 2.24) is 14.9 Å². The Morgan fingerprint density at radius 1 is 1.10 bits per heavy atom. The van der Waals surface area contributed by atoms with Crippen molar-refractivity contribution < 1.29 is 22.6 Å². The van der Waals surface area contributed by atoms with Crippen LogP contribution in [-0.2, 0) is 16.2 Å². The number of rotatable bonds is 10. The molecule has 2 saturated heterocycles. The molecule has 2 aliphatic heterocycles. The second-order valence-electron chi connectivity index (χ2n) is 12.3. The van der Waals surface area contributed by atoms with Gasteiger partial charge in [0.25, 0.3) is 0 Å². The first-order chi connectivity index (χ1) is 19.6. The Kier molecular flexibility index (Phi) is 9.27. The van der Waals surface area contributed by atoms with E-state index >= 15 is 0 Å². The molecule has 0 radical (unpaired) electrons. The van der Waals surface area contributed by atoms with E-state index in [2.05, 4.69) is 45.8 Å². The highest BCUT2D eigenvalue weighted by atomic mass is 28.3. The Morgan fingerprint density at radius 2 is 1.80 bits per heavy atom. The topological polar surface area (TPSA) is 63.6 Å². The van der Waals surface area contributed by atoms with Gasteiger partial charge in [-0.25, -0.2) is 4.98 Å². The number of piperidine rings is 1. The minimum atomic E-state index is -4.32. The zero-order valence-electron chi connectivity index (χ0n) is 24.3. The molecule has 1 unspecified atom stereocenters. The number of benzene rings is 1. The van der Waals surface area contributed by atoms with Crippen LogP contribution in [0.3, 0.4) is 0 Å². The molecule has 1 atom stereocenters. The van der Waals surface area contributed by atoms with Crippen LogP contribution in [0.25, 0.3) is 22.2 Å². The number of morpholine rings is 1. The largest absolute Gasteiger partial charge is 0.408 e. The van der Waals surface area contributed by atoms with Crippen LogP contribution in [0.1, 0.15) is 12.8 Å². The maximum Gasteiger partial charge on any atom is 0.408 e. The van der Waals surface area contributed by atoms with Crippen molar-refractivity contribution in [1.29, 1.82) is 0 Å². The molecule has 0 saturated carbocycles. The summed E-state index contributed by atoms with van der Waals surface area (Å²) in [4.78, 5) is 6.97. The summed E-state index contributed by atoms with van der Waals surface area (Å²) < 4.78 is 55.9. The fourth-order valence-electron chi connectivity index (χ4n) is 5.67. The number of nitrogens with zero attached hydrogens (tertiary/aromatic N) is 3. The number of pyridine rings is 1. The van der Waals surface area contributed by atoms with E-state index in [9.17, 15) is 13.2 Å². The van der Waals surface area contributed by atoms with Crippen molar-refractivity contribution in [3.05, 3.63) is 42.6 Å². The third-order valence-corrected chi connectivity index (χ3v) is 9.75. The second-order valence-corrected chi connectivity index (χ2v) is 17.9. The molecule has 0 aliphatic carbocycles. The van der Waals surface area contributed by atoms with Gasteiger partial charge < -0.3 is 29.6 Å². The van der Waals surface area contributed by atoms with Crippen LogP contribution >= 0.6 is 0 Å². The quantitative estimate of drug-likeness (QED) is 0.217. The van der Waals surface area contributed by atoms with Gasteiger partial charge in [-0.15, -0.1) is 0 Å². The normalized spacial score (nSPS) is 18.1. The van der Waals surface area contributed by atoms with Crippen molar-refractivity contribution in [3.63, 3.8) is 0 Å². The minimum Gasteiger partial charge on any atom is -0.378 e. The number of hydrogen-bond acceptors (Lipinski definition) is 6. The Labute approximate surface area is 241 Å². The van der Waals surface area contributed by atoms with Gasteiger partial charge in [-0.1, -0.05) is 31.8 Å². The highest BCUT2D eigenvalue weighted by Gasteiger charge is 2.44. The first kappa shape index (κ1) is 29.9. The third kappa shape index (κ3) is 7.43. The summed E-state index contributed by atoms with van der Waals surface area (Å²) in [6.45, 7) is 12.2. The highest BCUT2D eigenvalue weighted by Crippen LogP contribution is 2.36. The monoisotopic (exact) mass is 589 g/mol. The van der Waals surface area contributed by atoms with Crippen LogP contribution in [-0.4, -0.2) is 75.8 Å². The summed E-state index contributed by atoms with van der Waals surface area (Å²) in [6, 6.07) is 10.9. The molecule has 0 amide bonds. The lowest BCUT2D eigenvalue weighted by Gasteiger charge is -2.33. The van der Waals surface area contributed by atoms with Crippen molar-refractivity contribution in [3.8, 4) is 11.3 Å². The summed E-state index contributed by atoms with van der Waals surface area (Å²) in [5.74, 6) is 0.471. The molecule has 3 aromatic rings. The molecule has 5 rings (SSSR count). The first-order valence-corrected chi connectivity index (χ1v) is 18.3. The van der Waals surface area contributed by atoms with E-state index in [1.54, 1.807) is 12.1 Å². The van der Waals surface area contributed by atoms with Crippen LogP contribution < -0.4 is 15.5 Å². The van der Waals surface area contributed by atoms with E-state index in [1.807, 2.05) is 24.4 Å². The number of fused-ring (bicyclic) bond motifs is 1. The van der Waals surface area contributed by atoms with Gasteiger partial charge in [0.2, 0.25) is 0 Å². The molecule has 7 nitrogen and oxygen atoms in total. The summed E-state index contributed by atoms with van der Waals surface area (Å²) in [6.07, 6.45) is -1.47. The zero-order valence-corrected chi connectivity index (χ0v) is 25.3. The van der Waals surface area contributed by atoms with Gasteiger partial charge in [0.05, 0.1) is 24.4 Å². The van der Waals surface area contributed by atoms with E-state index in [0.29, 0.717) is 58.2 Å². The predicted octanol–water partition coefficient (Wildman–Crippen LogP) is 6.19. The maximum atomic E-state index is 14.0. The van der Waals surface area contributed by atoms with E-state index in [-0.39, 0.29) is 0 Å². The lowest BCUT2D eigenvalue weighted by atomic mass is 9.89. The van der Waals surface area contributed by atoms with Crippen LogP contribution in [0.5, 0.6) is 0 Å². The lowest BCUT2D eigenvalue weighted by Crippen LogP contribution is -2.46. The average molecular weight is 590 g/mol. The fourth-order valence-corrected chi connectivity index (χ4v) is 6.43. The van der Waals surface area contributed by atoms with Gasteiger partial charge in [0.1, 0.15) is 18.6 Å². The van der Waals surface area contributed by atoms with Crippen LogP contribution in [0, 0.1) is 5.92 Å². The lowest BCUT2D eigenvalue weighted by molar-refractivity contribution is -0.155. The third-order valence-electron chi connectivity index (χ3n) is 8.05. The number of anilines is 2. The molecule has 2 fully saturated rings. The SMILES string of the molecule is C[Si](C)(C)CCOCn1c(-c2ccc(NC(C3CCNCC3)C(F)(F)F)cc2)cc2c(N3CCOCC3)nccc21. The van der Waals surface area contributed by atoms with Crippen molar-refractivity contribution >= 4 is 30.5 Å². The van der Waals surface area contributed by atoms with E-state index < -0.39 is 26.2 Å². The van der Waals surface area contributed by atoms with Crippen molar-refractivity contribution in [2.45, 2.75) is 57.5 Å². The van der Waals surface area contributed by atoms with Gasteiger partial charge >= 0.3 is 6.18 Å². The van der Waals surface area contributed by atoms with Gasteiger partial charge in [-0.3, -0.25) is 0 Å². The van der Waals surface area contributed by atoms with Crippen molar-refractivity contribution in [2.24, 2.45) is 5.92 Å². The Bertz CT molecular complexity index is 1280. The Morgan fingerprint density at radius 3 is 2.46 bits per heavy atom. The van der Waals surface area contributed by atoms with Gasteiger partial charge in [-0.05, 0) is 67.7 Å². The van der Waals surface area contributed by atoms with E-state index in [4.69, 9.17) is 14.5 Å². The standard InChI is InChI=1S/C30H42F3N5O2Si/c1-41(2,3)19-18-40-21-38-26-10-13-35-29(37-14-16-39-17-15-37)25(26)20-27(38)22-4-6-24(7-5-22)36-28(30(31,32)33)23-8-11-34-12-9-23/h4-7,10,13,20,23,28,34,36H,8-9,11-12,14-19,21H2,1-3H3. The first-order valence-electron chi connectivity index (χ1n) is 14.6.